The summed E-state index contributed by atoms with van der Waals surface area (Å²) in [5.74, 6) is 0.943. The average Bonchev–Trinajstić information content (AvgIpc) is 3.36. The summed E-state index contributed by atoms with van der Waals surface area (Å²) in [4.78, 5) is 32.0. The summed E-state index contributed by atoms with van der Waals surface area (Å²) in [6.07, 6.45) is 5.06. The summed E-state index contributed by atoms with van der Waals surface area (Å²) in [7, 11) is 0. The quantitative estimate of drug-likeness (QED) is 0.475. The van der Waals surface area contributed by atoms with Crippen LogP contribution in [0.4, 0.5) is 0 Å². The highest BCUT2D eigenvalue weighted by Crippen LogP contribution is 2.26. The van der Waals surface area contributed by atoms with Gasteiger partial charge in [-0.05, 0) is 50.5 Å². The van der Waals surface area contributed by atoms with Crippen molar-refractivity contribution in [2.75, 3.05) is 13.2 Å². The van der Waals surface area contributed by atoms with Crippen LogP contribution in [0.1, 0.15) is 42.4 Å². The topological polar surface area (TPSA) is 116 Å². The zero-order chi connectivity index (χ0) is 20.6. The Kier molecular flexibility index (Phi) is 7.24. The number of hydrogen-bond acceptors (Lipinski definition) is 5. The van der Waals surface area contributed by atoms with Gasteiger partial charge < -0.3 is 25.5 Å². The van der Waals surface area contributed by atoms with Crippen molar-refractivity contribution in [1.82, 2.24) is 20.6 Å². The number of nitrogens with zero attached hydrogens (tertiary/aromatic N) is 1. The molecular formula is C21H28N4O4. The standard InChI is InChI=1S/C21H28N4O4/c1-2-29-16-7-5-14(6-8-16)21(28)25-17-12-15(13-18(17)26)20(27)24-9-3-4-19-22-10-11-23-19/h5-8,10-11,15,17-18,26H,2-4,9,12-13H2,1H3,(H,22,23)(H,24,27)(H,25,28)/t15-,17-,18-/m0/s1. The molecule has 0 radical (unpaired) electrons. The zero-order valence-electron chi connectivity index (χ0n) is 16.6. The highest BCUT2D eigenvalue weighted by molar-refractivity contribution is 5.94. The molecule has 1 heterocycles. The molecule has 1 aromatic heterocycles. The second kappa shape index (κ2) is 10.1. The highest BCUT2D eigenvalue weighted by atomic mass is 16.5. The fourth-order valence-electron chi connectivity index (χ4n) is 3.55. The second-order valence-corrected chi connectivity index (χ2v) is 7.20. The largest absolute Gasteiger partial charge is 0.494 e. The van der Waals surface area contributed by atoms with E-state index >= 15 is 0 Å². The molecule has 1 aromatic carbocycles. The van der Waals surface area contributed by atoms with Crippen molar-refractivity contribution in [1.29, 1.82) is 0 Å². The number of ether oxygens (including phenoxy) is 1. The molecule has 0 aliphatic heterocycles. The van der Waals surface area contributed by atoms with Crippen LogP contribution in [0.15, 0.2) is 36.7 Å². The van der Waals surface area contributed by atoms with Gasteiger partial charge in [0, 0.05) is 36.8 Å². The normalized spacial score (nSPS) is 21.0. The van der Waals surface area contributed by atoms with Crippen molar-refractivity contribution in [3.63, 3.8) is 0 Å². The number of carbonyl (C=O) groups excluding carboxylic acids is 2. The predicted molar refractivity (Wildman–Crippen MR) is 108 cm³/mol. The Labute approximate surface area is 170 Å². The van der Waals surface area contributed by atoms with Crippen molar-refractivity contribution >= 4 is 11.8 Å². The van der Waals surface area contributed by atoms with Gasteiger partial charge in [0.1, 0.15) is 11.6 Å². The van der Waals surface area contributed by atoms with E-state index in [0.717, 1.165) is 18.7 Å². The molecule has 8 nitrogen and oxygen atoms in total. The van der Waals surface area contributed by atoms with E-state index in [0.29, 0.717) is 37.3 Å². The van der Waals surface area contributed by atoms with Gasteiger partial charge in [-0.15, -0.1) is 0 Å². The van der Waals surface area contributed by atoms with E-state index in [2.05, 4.69) is 20.6 Å². The number of aromatic amines is 1. The maximum Gasteiger partial charge on any atom is 0.251 e. The van der Waals surface area contributed by atoms with E-state index in [9.17, 15) is 14.7 Å². The minimum atomic E-state index is -0.736. The Morgan fingerprint density at radius 3 is 2.76 bits per heavy atom. The van der Waals surface area contributed by atoms with Crippen molar-refractivity contribution in [2.24, 2.45) is 5.92 Å². The lowest BCUT2D eigenvalue weighted by molar-refractivity contribution is -0.125. The van der Waals surface area contributed by atoms with E-state index < -0.39 is 12.1 Å². The lowest BCUT2D eigenvalue weighted by Crippen LogP contribution is -2.40. The van der Waals surface area contributed by atoms with Gasteiger partial charge >= 0.3 is 0 Å². The SMILES string of the molecule is CCOc1ccc(C(=O)N[C@H]2C[C@H](C(=O)NCCCc3ncc[nH]3)C[C@@H]2O)cc1. The number of aryl methyl sites for hydroxylation is 1. The van der Waals surface area contributed by atoms with E-state index in [-0.39, 0.29) is 17.7 Å². The minimum absolute atomic E-state index is 0.0821. The molecule has 29 heavy (non-hydrogen) atoms. The van der Waals surface area contributed by atoms with Crippen LogP contribution in [0.5, 0.6) is 5.75 Å². The molecule has 2 amide bonds. The number of amides is 2. The van der Waals surface area contributed by atoms with Gasteiger partial charge in [0.15, 0.2) is 0 Å². The van der Waals surface area contributed by atoms with Crippen LogP contribution in [0.25, 0.3) is 0 Å². The van der Waals surface area contributed by atoms with E-state index in [1.54, 1.807) is 36.7 Å². The Balaban J connectivity index is 1.43. The first-order chi connectivity index (χ1) is 14.1. The lowest BCUT2D eigenvalue weighted by Gasteiger charge is -2.16. The highest BCUT2D eigenvalue weighted by Gasteiger charge is 2.37. The Hall–Kier alpha value is -2.87. The van der Waals surface area contributed by atoms with Crippen LogP contribution in [0, 0.1) is 5.92 Å². The molecule has 4 N–H and O–H groups in total. The van der Waals surface area contributed by atoms with Gasteiger partial charge in [-0.3, -0.25) is 9.59 Å². The molecule has 0 spiro atoms. The van der Waals surface area contributed by atoms with E-state index in [4.69, 9.17) is 4.74 Å². The van der Waals surface area contributed by atoms with Gasteiger partial charge in [0.05, 0.1) is 18.8 Å². The number of benzene rings is 1. The predicted octanol–water partition coefficient (Wildman–Crippen LogP) is 1.43. The van der Waals surface area contributed by atoms with Crippen LogP contribution in [-0.4, -0.2) is 52.2 Å². The maximum absolute atomic E-state index is 12.4. The second-order valence-electron chi connectivity index (χ2n) is 7.20. The summed E-state index contributed by atoms with van der Waals surface area (Å²) in [5, 5.41) is 16.0. The third kappa shape index (κ3) is 5.80. The minimum Gasteiger partial charge on any atom is -0.494 e. The molecule has 156 valence electrons. The van der Waals surface area contributed by atoms with Crippen molar-refractivity contribution < 1.29 is 19.4 Å². The first-order valence-electron chi connectivity index (χ1n) is 10.0. The summed E-state index contributed by atoms with van der Waals surface area (Å²) >= 11 is 0. The molecular weight excluding hydrogens is 372 g/mol. The van der Waals surface area contributed by atoms with Gasteiger partial charge in [0.25, 0.3) is 5.91 Å². The van der Waals surface area contributed by atoms with Crippen molar-refractivity contribution in [3.8, 4) is 5.75 Å². The Morgan fingerprint density at radius 2 is 2.07 bits per heavy atom. The Morgan fingerprint density at radius 1 is 1.28 bits per heavy atom. The summed E-state index contributed by atoms with van der Waals surface area (Å²) < 4.78 is 5.37. The fraction of sp³-hybridized carbons (Fsp3) is 0.476. The molecule has 1 fully saturated rings. The van der Waals surface area contributed by atoms with Crippen LogP contribution in [0.3, 0.4) is 0 Å². The van der Waals surface area contributed by atoms with Crippen molar-refractivity contribution in [2.45, 2.75) is 44.8 Å². The van der Waals surface area contributed by atoms with E-state index in [1.807, 2.05) is 6.92 Å². The molecule has 1 aliphatic carbocycles. The number of H-pyrrole nitrogens is 1. The molecule has 3 rings (SSSR count). The molecule has 2 aromatic rings. The number of aliphatic hydroxyl groups excluding tert-OH is 1. The number of aromatic nitrogens is 2. The molecule has 1 saturated carbocycles. The number of imidazole rings is 1. The summed E-state index contributed by atoms with van der Waals surface area (Å²) in [5.41, 5.74) is 0.492. The van der Waals surface area contributed by atoms with Crippen LogP contribution in [-0.2, 0) is 11.2 Å². The number of hydrogen-bond donors (Lipinski definition) is 4. The number of rotatable bonds is 9. The molecule has 0 saturated heterocycles. The monoisotopic (exact) mass is 400 g/mol. The fourth-order valence-corrected chi connectivity index (χ4v) is 3.55. The smallest absolute Gasteiger partial charge is 0.251 e. The summed E-state index contributed by atoms with van der Waals surface area (Å²) in [6, 6.07) is 6.41. The average molecular weight is 400 g/mol. The Bertz CT molecular complexity index is 792. The first kappa shape index (κ1) is 20.9. The summed E-state index contributed by atoms with van der Waals surface area (Å²) in [6.45, 7) is 3.01. The number of nitrogens with one attached hydrogen (secondary N) is 3. The van der Waals surface area contributed by atoms with Gasteiger partial charge in [-0.25, -0.2) is 4.98 Å². The number of carbonyl (C=O) groups is 2. The third-order valence-corrected chi connectivity index (χ3v) is 5.09. The lowest BCUT2D eigenvalue weighted by atomic mass is 10.1. The molecule has 8 heteroatoms. The van der Waals surface area contributed by atoms with Crippen LogP contribution >= 0.6 is 0 Å². The third-order valence-electron chi connectivity index (χ3n) is 5.09. The zero-order valence-corrected chi connectivity index (χ0v) is 16.6. The van der Waals surface area contributed by atoms with Crippen molar-refractivity contribution in [3.05, 3.63) is 48.0 Å². The van der Waals surface area contributed by atoms with Crippen LogP contribution < -0.4 is 15.4 Å². The molecule has 1 aliphatic rings. The molecule has 0 unspecified atom stereocenters. The van der Waals surface area contributed by atoms with Crippen LogP contribution in [0.2, 0.25) is 0 Å². The first-order valence-corrected chi connectivity index (χ1v) is 10.0. The molecule has 0 bridgehead atoms. The van der Waals surface area contributed by atoms with E-state index in [1.165, 1.54) is 0 Å². The van der Waals surface area contributed by atoms with Gasteiger partial charge in [0.2, 0.25) is 5.91 Å². The maximum atomic E-state index is 12.4. The van der Waals surface area contributed by atoms with Gasteiger partial charge in [-0.1, -0.05) is 0 Å². The number of aliphatic hydroxyl groups is 1. The van der Waals surface area contributed by atoms with Gasteiger partial charge in [-0.2, -0.15) is 0 Å². The molecule has 3 atom stereocenters.